The molecule has 0 saturated heterocycles. The lowest BCUT2D eigenvalue weighted by Crippen LogP contribution is -2.18. The van der Waals surface area contributed by atoms with Crippen molar-refractivity contribution in [2.45, 2.75) is 13.5 Å². The first-order valence-electron chi connectivity index (χ1n) is 3.40. The molecule has 0 aliphatic heterocycles. The molecule has 0 unspecified atom stereocenters. The highest BCUT2D eigenvalue weighted by atomic mass is 16.1. The van der Waals surface area contributed by atoms with Gasteiger partial charge in [-0.2, -0.15) is 0 Å². The van der Waals surface area contributed by atoms with E-state index in [4.69, 9.17) is 0 Å². The minimum absolute atomic E-state index is 0.0318. The molecule has 60 valence electrons. The molecule has 1 rings (SSSR count). The van der Waals surface area contributed by atoms with E-state index in [2.05, 4.69) is 10.3 Å². The Bertz CT molecular complexity index is 254. The van der Waals surface area contributed by atoms with Gasteiger partial charge in [0.15, 0.2) is 0 Å². The topological polar surface area (TPSA) is 46.9 Å². The Morgan fingerprint density at radius 3 is 3.00 bits per heavy atom. The molecular weight excluding hydrogens is 142 g/mol. The van der Waals surface area contributed by atoms with E-state index in [1.54, 1.807) is 6.33 Å². The van der Waals surface area contributed by atoms with Crippen LogP contribution >= 0.6 is 0 Å². The van der Waals surface area contributed by atoms with Gasteiger partial charge in [-0.05, 0) is 0 Å². The number of aryl methyl sites for hydroxylation is 1. The number of amides is 1. The van der Waals surface area contributed by atoms with Gasteiger partial charge in [0.2, 0.25) is 5.91 Å². The fraction of sp³-hybridized carbons (Fsp3) is 0.429. The van der Waals surface area contributed by atoms with Crippen LogP contribution < -0.4 is 5.32 Å². The first-order chi connectivity index (χ1) is 5.18. The van der Waals surface area contributed by atoms with Crippen molar-refractivity contribution < 1.29 is 4.79 Å². The van der Waals surface area contributed by atoms with E-state index in [0.717, 1.165) is 5.69 Å². The maximum absolute atomic E-state index is 10.5. The molecule has 0 aliphatic carbocycles. The summed E-state index contributed by atoms with van der Waals surface area (Å²) in [5, 5.41) is 2.66. The number of carbonyl (C=O) groups excluding carboxylic acids is 1. The third-order valence-electron chi connectivity index (χ3n) is 1.28. The van der Waals surface area contributed by atoms with Gasteiger partial charge < -0.3 is 9.88 Å². The molecule has 0 atom stereocenters. The predicted octanol–water partition coefficient (Wildman–Crippen LogP) is 0.0562. The molecule has 1 N–H and O–H groups in total. The van der Waals surface area contributed by atoms with E-state index < -0.39 is 0 Å². The maximum Gasteiger partial charge on any atom is 0.217 e. The first-order valence-corrected chi connectivity index (χ1v) is 3.40. The van der Waals surface area contributed by atoms with Crippen LogP contribution in [0.5, 0.6) is 0 Å². The molecule has 0 aromatic carbocycles. The maximum atomic E-state index is 10.5. The van der Waals surface area contributed by atoms with E-state index in [1.807, 2.05) is 17.8 Å². The molecule has 4 heteroatoms. The first kappa shape index (κ1) is 7.78. The van der Waals surface area contributed by atoms with E-state index in [0.29, 0.717) is 6.54 Å². The lowest BCUT2D eigenvalue weighted by Gasteiger charge is -1.95. The van der Waals surface area contributed by atoms with E-state index in [1.165, 1.54) is 6.92 Å². The number of hydrogen-bond donors (Lipinski definition) is 1. The number of carbonyl (C=O) groups is 1. The summed E-state index contributed by atoms with van der Waals surface area (Å²) in [5.41, 5.74) is 0.878. The Balaban J connectivity index is 2.45. The molecular formula is C7H11N3O. The summed E-state index contributed by atoms with van der Waals surface area (Å²) >= 11 is 0. The number of nitrogens with one attached hydrogen (secondary N) is 1. The highest BCUT2D eigenvalue weighted by molar-refractivity contribution is 5.72. The molecule has 11 heavy (non-hydrogen) atoms. The zero-order chi connectivity index (χ0) is 8.27. The number of hydrogen-bond acceptors (Lipinski definition) is 2. The molecule has 0 fully saturated rings. The van der Waals surface area contributed by atoms with Crippen LogP contribution in [0.4, 0.5) is 0 Å². The molecule has 1 amide bonds. The van der Waals surface area contributed by atoms with Gasteiger partial charge in [0.05, 0.1) is 18.6 Å². The normalized spacial score (nSPS) is 9.64. The minimum Gasteiger partial charge on any atom is -0.351 e. The van der Waals surface area contributed by atoms with Gasteiger partial charge >= 0.3 is 0 Å². The van der Waals surface area contributed by atoms with Crippen LogP contribution in [0.1, 0.15) is 12.6 Å². The SMILES string of the molecule is CC(=O)NCc1cn(C)cn1. The second-order valence-corrected chi connectivity index (χ2v) is 2.44. The van der Waals surface area contributed by atoms with Crippen LogP contribution in [0.25, 0.3) is 0 Å². The summed E-state index contributed by atoms with van der Waals surface area (Å²) in [4.78, 5) is 14.5. The summed E-state index contributed by atoms with van der Waals surface area (Å²) in [7, 11) is 1.89. The minimum atomic E-state index is -0.0318. The Labute approximate surface area is 65.2 Å². The van der Waals surface area contributed by atoms with E-state index in [9.17, 15) is 4.79 Å². The zero-order valence-electron chi connectivity index (χ0n) is 6.66. The molecule has 0 spiro atoms. The Kier molecular flexibility index (Phi) is 2.25. The van der Waals surface area contributed by atoms with Gasteiger partial charge in [0.1, 0.15) is 0 Å². The van der Waals surface area contributed by atoms with Gasteiger partial charge in [-0.15, -0.1) is 0 Å². The van der Waals surface area contributed by atoms with Gasteiger partial charge in [0.25, 0.3) is 0 Å². The van der Waals surface area contributed by atoms with Crippen molar-refractivity contribution in [1.29, 1.82) is 0 Å². The smallest absolute Gasteiger partial charge is 0.217 e. The van der Waals surface area contributed by atoms with Gasteiger partial charge in [-0.25, -0.2) is 4.98 Å². The summed E-state index contributed by atoms with van der Waals surface area (Å²) in [6.45, 7) is 2.00. The molecule has 1 heterocycles. The predicted molar refractivity (Wildman–Crippen MR) is 40.7 cm³/mol. The fourth-order valence-electron chi connectivity index (χ4n) is 0.773. The van der Waals surface area contributed by atoms with Gasteiger partial charge in [-0.3, -0.25) is 4.79 Å². The van der Waals surface area contributed by atoms with Crippen LogP contribution in [-0.4, -0.2) is 15.5 Å². The van der Waals surface area contributed by atoms with Crippen molar-refractivity contribution >= 4 is 5.91 Å². The van der Waals surface area contributed by atoms with Crippen LogP contribution in [0.15, 0.2) is 12.5 Å². The highest BCUT2D eigenvalue weighted by Crippen LogP contribution is 1.91. The lowest BCUT2D eigenvalue weighted by atomic mass is 10.4. The Hall–Kier alpha value is -1.32. The van der Waals surface area contributed by atoms with Crippen molar-refractivity contribution in [3.63, 3.8) is 0 Å². The van der Waals surface area contributed by atoms with Crippen molar-refractivity contribution in [3.8, 4) is 0 Å². The molecule has 0 radical (unpaired) electrons. The Morgan fingerprint density at radius 2 is 2.55 bits per heavy atom. The summed E-state index contributed by atoms with van der Waals surface area (Å²) in [5.74, 6) is -0.0318. The lowest BCUT2D eigenvalue weighted by molar-refractivity contribution is -0.119. The molecule has 0 bridgehead atoms. The van der Waals surface area contributed by atoms with Crippen LogP contribution in [0.2, 0.25) is 0 Å². The molecule has 1 aromatic rings. The largest absolute Gasteiger partial charge is 0.351 e. The van der Waals surface area contributed by atoms with Crippen LogP contribution in [0.3, 0.4) is 0 Å². The van der Waals surface area contributed by atoms with Crippen molar-refractivity contribution in [2.24, 2.45) is 7.05 Å². The third kappa shape index (κ3) is 2.41. The standard InChI is InChI=1S/C7H11N3O/c1-6(11)8-3-7-4-10(2)5-9-7/h4-5H,3H2,1-2H3,(H,8,11). The van der Waals surface area contributed by atoms with Crippen molar-refractivity contribution in [3.05, 3.63) is 18.2 Å². The quantitative estimate of drug-likeness (QED) is 0.653. The van der Waals surface area contributed by atoms with Crippen molar-refractivity contribution in [2.75, 3.05) is 0 Å². The van der Waals surface area contributed by atoms with Gasteiger partial charge in [-0.1, -0.05) is 0 Å². The van der Waals surface area contributed by atoms with Crippen LogP contribution in [0, 0.1) is 0 Å². The monoisotopic (exact) mass is 153 g/mol. The fourth-order valence-corrected chi connectivity index (χ4v) is 0.773. The zero-order valence-corrected chi connectivity index (χ0v) is 6.66. The number of nitrogens with zero attached hydrogens (tertiary/aromatic N) is 2. The van der Waals surface area contributed by atoms with E-state index in [-0.39, 0.29) is 5.91 Å². The molecule has 1 aromatic heterocycles. The van der Waals surface area contributed by atoms with E-state index >= 15 is 0 Å². The number of imidazole rings is 1. The molecule has 0 saturated carbocycles. The Morgan fingerprint density at radius 1 is 1.82 bits per heavy atom. The van der Waals surface area contributed by atoms with Gasteiger partial charge in [0, 0.05) is 20.2 Å². The second kappa shape index (κ2) is 3.18. The number of aromatic nitrogens is 2. The number of rotatable bonds is 2. The summed E-state index contributed by atoms with van der Waals surface area (Å²) in [6, 6.07) is 0. The average Bonchev–Trinajstić information content (AvgIpc) is 2.31. The summed E-state index contributed by atoms with van der Waals surface area (Å²) < 4.78 is 1.84. The molecule has 0 aliphatic rings. The van der Waals surface area contributed by atoms with Crippen molar-refractivity contribution in [1.82, 2.24) is 14.9 Å². The summed E-state index contributed by atoms with van der Waals surface area (Å²) in [6.07, 6.45) is 3.58. The average molecular weight is 153 g/mol. The second-order valence-electron chi connectivity index (χ2n) is 2.44. The third-order valence-corrected chi connectivity index (χ3v) is 1.28. The molecule has 4 nitrogen and oxygen atoms in total. The van der Waals surface area contributed by atoms with Crippen LogP contribution in [-0.2, 0) is 18.4 Å². The highest BCUT2D eigenvalue weighted by Gasteiger charge is 1.95.